The molecule has 0 aliphatic carbocycles. The molecule has 1 unspecified atom stereocenters. The van der Waals surface area contributed by atoms with Crippen molar-refractivity contribution in [3.63, 3.8) is 0 Å². The summed E-state index contributed by atoms with van der Waals surface area (Å²) in [6.07, 6.45) is 0.216. The van der Waals surface area contributed by atoms with Gasteiger partial charge in [-0.05, 0) is 25.5 Å². The van der Waals surface area contributed by atoms with Crippen LogP contribution in [-0.4, -0.2) is 29.1 Å². The van der Waals surface area contributed by atoms with Gasteiger partial charge in [0.15, 0.2) is 5.78 Å². The fourth-order valence-electron chi connectivity index (χ4n) is 2.26. The molecule has 0 amide bonds. The summed E-state index contributed by atoms with van der Waals surface area (Å²) in [4.78, 5) is 23.2. The van der Waals surface area contributed by atoms with Crippen molar-refractivity contribution in [2.45, 2.75) is 31.6 Å². The highest BCUT2D eigenvalue weighted by atomic mass is 16.6. The Balaban J connectivity index is 2.26. The minimum absolute atomic E-state index is 0.208. The molecule has 5 nitrogen and oxygen atoms in total. The van der Waals surface area contributed by atoms with Crippen molar-refractivity contribution in [2.75, 3.05) is 6.54 Å². The largest absolute Gasteiger partial charge is 0.478 e. The van der Waals surface area contributed by atoms with Gasteiger partial charge in [-0.2, -0.15) is 0 Å². The van der Waals surface area contributed by atoms with Crippen LogP contribution in [0.1, 0.15) is 31.4 Å². The lowest BCUT2D eigenvalue weighted by Gasteiger charge is -2.29. The number of carbonyl (C=O) groups is 2. The van der Waals surface area contributed by atoms with Gasteiger partial charge in [-0.25, -0.2) is 4.79 Å². The van der Waals surface area contributed by atoms with Crippen LogP contribution in [0, 0.1) is 0 Å². The number of rotatable bonds is 5. The molecule has 1 aromatic rings. The van der Waals surface area contributed by atoms with Crippen molar-refractivity contribution >= 4 is 11.8 Å². The van der Waals surface area contributed by atoms with Gasteiger partial charge in [0, 0.05) is 6.42 Å². The number of nitrogens with one attached hydrogen (secondary N) is 1. The average molecular weight is 263 g/mol. The maximum Gasteiger partial charge on any atom is 0.351 e. The molecule has 5 heteroatoms. The van der Waals surface area contributed by atoms with E-state index >= 15 is 0 Å². The minimum atomic E-state index is -1.45. The van der Waals surface area contributed by atoms with E-state index in [1.165, 1.54) is 6.92 Å². The molecule has 0 bridgehead atoms. The highest BCUT2D eigenvalue weighted by Crippen LogP contribution is 2.29. The molecule has 1 aliphatic heterocycles. The molecule has 102 valence electrons. The molecular weight excluding hydrogens is 246 g/mol. The summed E-state index contributed by atoms with van der Waals surface area (Å²) in [7, 11) is 0. The fourth-order valence-corrected chi connectivity index (χ4v) is 2.26. The van der Waals surface area contributed by atoms with Crippen LogP contribution in [-0.2, 0) is 14.3 Å². The summed E-state index contributed by atoms with van der Waals surface area (Å²) in [5.74, 6) is -1.28. The van der Waals surface area contributed by atoms with Gasteiger partial charge in [0.1, 0.15) is 6.10 Å². The number of benzene rings is 1. The molecule has 1 saturated heterocycles. The summed E-state index contributed by atoms with van der Waals surface area (Å²) in [5, 5.41) is 12.2. The van der Waals surface area contributed by atoms with Crippen LogP contribution in [0.5, 0.6) is 0 Å². The van der Waals surface area contributed by atoms with E-state index in [-0.39, 0.29) is 5.78 Å². The van der Waals surface area contributed by atoms with Crippen molar-refractivity contribution in [1.82, 2.24) is 5.32 Å². The van der Waals surface area contributed by atoms with Crippen LogP contribution in [0.3, 0.4) is 0 Å². The van der Waals surface area contributed by atoms with Crippen LogP contribution in [0.4, 0.5) is 0 Å². The van der Waals surface area contributed by atoms with E-state index in [1.807, 2.05) is 6.07 Å². The van der Waals surface area contributed by atoms with E-state index in [4.69, 9.17) is 4.74 Å². The lowest BCUT2D eigenvalue weighted by Crippen LogP contribution is -2.51. The second-order valence-corrected chi connectivity index (χ2v) is 4.68. The van der Waals surface area contributed by atoms with Gasteiger partial charge in [0.25, 0.3) is 0 Å². The molecule has 2 atom stereocenters. The smallest absolute Gasteiger partial charge is 0.351 e. The number of carboxylic acid groups (broad SMARTS) is 1. The summed E-state index contributed by atoms with van der Waals surface area (Å²) in [6.45, 7) is 1.98. The zero-order valence-electron chi connectivity index (χ0n) is 10.8. The summed E-state index contributed by atoms with van der Waals surface area (Å²) in [5.41, 5.74) is -0.782. The summed E-state index contributed by atoms with van der Waals surface area (Å²) in [6, 6.07) is 8.95. The third-order valence-corrected chi connectivity index (χ3v) is 3.25. The van der Waals surface area contributed by atoms with Crippen LogP contribution in [0.25, 0.3) is 0 Å². The van der Waals surface area contributed by atoms with Gasteiger partial charge in [-0.1, -0.05) is 30.3 Å². The second-order valence-electron chi connectivity index (χ2n) is 4.68. The first-order valence-electron chi connectivity index (χ1n) is 6.27. The molecule has 0 spiro atoms. The normalized spacial score (nSPS) is 24.1. The quantitative estimate of drug-likeness (QED) is 0.842. The Morgan fingerprint density at radius 3 is 2.53 bits per heavy atom. The Hall–Kier alpha value is -1.72. The Kier molecular flexibility index (Phi) is 3.97. The molecule has 1 fully saturated rings. The zero-order chi connectivity index (χ0) is 13.9. The fraction of sp³-hybridized carbons (Fsp3) is 0.429. The van der Waals surface area contributed by atoms with Crippen molar-refractivity contribution in [1.29, 1.82) is 0 Å². The lowest BCUT2D eigenvalue weighted by molar-refractivity contribution is -0.180. The second kappa shape index (κ2) is 5.50. The Morgan fingerprint density at radius 2 is 2.05 bits per heavy atom. The SMILES string of the molecule is CC(=O)C(O[C@@]1(C(=O)O)CCCN1)c1ccccc1. The molecular formula is C14H17NO4. The molecule has 2 N–H and O–H groups in total. The molecule has 0 radical (unpaired) electrons. The predicted molar refractivity (Wildman–Crippen MR) is 68.6 cm³/mol. The van der Waals surface area contributed by atoms with Crippen molar-refractivity contribution in [2.24, 2.45) is 0 Å². The molecule has 0 aromatic heterocycles. The highest BCUT2D eigenvalue weighted by Gasteiger charge is 2.45. The van der Waals surface area contributed by atoms with E-state index in [0.29, 0.717) is 24.9 Å². The molecule has 19 heavy (non-hydrogen) atoms. The minimum Gasteiger partial charge on any atom is -0.478 e. The monoisotopic (exact) mass is 263 g/mol. The van der Waals surface area contributed by atoms with Gasteiger partial charge in [-0.15, -0.1) is 0 Å². The molecule has 2 rings (SSSR count). The van der Waals surface area contributed by atoms with Crippen molar-refractivity contribution in [3.05, 3.63) is 35.9 Å². The molecule has 1 aliphatic rings. The van der Waals surface area contributed by atoms with Crippen LogP contribution in [0.2, 0.25) is 0 Å². The van der Waals surface area contributed by atoms with Crippen molar-refractivity contribution in [3.8, 4) is 0 Å². The zero-order valence-corrected chi connectivity index (χ0v) is 10.8. The van der Waals surface area contributed by atoms with Gasteiger partial charge < -0.3 is 9.84 Å². The molecule has 1 aromatic carbocycles. The van der Waals surface area contributed by atoms with Crippen LogP contribution >= 0.6 is 0 Å². The number of aliphatic carboxylic acids is 1. The van der Waals surface area contributed by atoms with E-state index < -0.39 is 17.8 Å². The molecule has 0 saturated carbocycles. The first kappa shape index (κ1) is 13.7. The summed E-state index contributed by atoms with van der Waals surface area (Å²) < 4.78 is 5.65. The summed E-state index contributed by atoms with van der Waals surface area (Å²) >= 11 is 0. The van der Waals surface area contributed by atoms with Gasteiger partial charge >= 0.3 is 5.97 Å². The maximum atomic E-state index is 11.8. The first-order chi connectivity index (χ1) is 9.05. The van der Waals surface area contributed by atoms with E-state index in [9.17, 15) is 14.7 Å². The Bertz CT molecular complexity index is 466. The number of carboxylic acids is 1. The topological polar surface area (TPSA) is 75.6 Å². The number of ether oxygens (including phenoxy) is 1. The Morgan fingerprint density at radius 1 is 1.37 bits per heavy atom. The van der Waals surface area contributed by atoms with Gasteiger partial charge in [0.05, 0.1) is 0 Å². The lowest BCUT2D eigenvalue weighted by atomic mass is 10.0. The highest BCUT2D eigenvalue weighted by molar-refractivity contribution is 5.83. The van der Waals surface area contributed by atoms with Crippen LogP contribution < -0.4 is 5.32 Å². The number of hydrogen-bond acceptors (Lipinski definition) is 4. The predicted octanol–water partition coefficient (Wildman–Crippen LogP) is 1.50. The number of ketones is 1. The molecule has 1 heterocycles. The first-order valence-corrected chi connectivity index (χ1v) is 6.27. The number of carbonyl (C=O) groups excluding carboxylic acids is 1. The third kappa shape index (κ3) is 2.83. The standard InChI is InChI=1S/C14H17NO4/c1-10(16)12(11-6-3-2-4-7-11)19-14(13(17)18)8-5-9-15-14/h2-4,6-7,12,15H,5,8-9H2,1H3,(H,17,18)/t12?,14-/m1/s1. The third-order valence-electron chi connectivity index (χ3n) is 3.25. The van der Waals surface area contributed by atoms with Crippen molar-refractivity contribution < 1.29 is 19.4 Å². The van der Waals surface area contributed by atoms with E-state index in [1.54, 1.807) is 24.3 Å². The average Bonchev–Trinajstić information content (AvgIpc) is 2.86. The Labute approximate surface area is 111 Å². The van der Waals surface area contributed by atoms with Gasteiger partial charge in [0.2, 0.25) is 5.72 Å². The van der Waals surface area contributed by atoms with E-state index in [0.717, 1.165) is 0 Å². The van der Waals surface area contributed by atoms with Gasteiger partial charge in [-0.3, -0.25) is 10.1 Å². The number of hydrogen-bond donors (Lipinski definition) is 2. The van der Waals surface area contributed by atoms with E-state index in [2.05, 4.69) is 5.32 Å². The number of Topliss-reactive ketones (excluding diaryl/α,β-unsaturated/α-hetero) is 1. The van der Waals surface area contributed by atoms with Crippen LogP contribution in [0.15, 0.2) is 30.3 Å². The maximum absolute atomic E-state index is 11.8.